The summed E-state index contributed by atoms with van der Waals surface area (Å²) in [6.45, 7) is 28.5. The van der Waals surface area contributed by atoms with Crippen LogP contribution in [0.3, 0.4) is 0 Å². The number of benzene rings is 4. The van der Waals surface area contributed by atoms with Crippen LogP contribution in [0.2, 0.25) is 33.2 Å². The van der Waals surface area contributed by atoms with Crippen LogP contribution in [-0.2, 0) is 20.7 Å². The van der Waals surface area contributed by atoms with Crippen molar-refractivity contribution in [2.24, 2.45) is 0 Å². The van der Waals surface area contributed by atoms with E-state index in [1.54, 1.807) is 0 Å². The number of rotatable bonds is 8. The molecule has 0 atom stereocenters. The molecule has 0 saturated heterocycles. The molecule has 0 unspecified atom stereocenters. The van der Waals surface area contributed by atoms with E-state index in [0.717, 1.165) is 43.8 Å². The van der Waals surface area contributed by atoms with Crippen molar-refractivity contribution in [2.45, 2.75) is 128 Å². The molecule has 1 aliphatic carbocycles. The molecule has 0 spiro atoms. The monoisotopic (exact) mass is 700 g/mol. The number of methoxy groups -OCH3 is 2. The quantitative estimate of drug-likeness (QED) is 0.135. The molecule has 0 amide bonds. The van der Waals surface area contributed by atoms with Crippen LogP contribution in [0.1, 0.15) is 105 Å². The Labute approximate surface area is 305 Å². The minimum absolute atomic E-state index is 0.491. The average Bonchev–Trinajstić information content (AvgIpc) is 3.07. The maximum atomic E-state index is 6.92. The lowest BCUT2D eigenvalue weighted by molar-refractivity contribution is 0.0334. The zero-order chi connectivity index (χ0) is 36.8. The van der Waals surface area contributed by atoms with Crippen LogP contribution in [0.25, 0.3) is 21.5 Å². The van der Waals surface area contributed by atoms with E-state index in [0.29, 0.717) is 33.2 Å². The summed E-state index contributed by atoms with van der Waals surface area (Å²) in [4.78, 5) is 0. The standard InChI is InChI=1S/C46H60O2Si2/c1-31(2)49(32(3)4,33(5)6)25-23-45(47-13)41-27-37-19-15-17-21-39(37)29-43(41)46(48-14,24-26-50(34(7)8,35(9)10)36(11)12)44-30-40-22-18-16-20-38(40)28-42(44)45/h15-22,27-36H,1-14H3. The van der Waals surface area contributed by atoms with E-state index >= 15 is 0 Å². The van der Waals surface area contributed by atoms with E-state index in [1.807, 2.05) is 14.2 Å². The summed E-state index contributed by atoms with van der Waals surface area (Å²) in [7, 11) is -0.597. The van der Waals surface area contributed by atoms with Crippen molar-refractivity contribution in [3.05, 3.63) is 95.1 Å². The van der Waals surface area contributed by atoms with Gasteiger partial charge in [0.05, 0.1) is 0 Å². The van der Waals surface area contributed by atoms with Crippen LogP contribution >= 0.6 is 0 Å². The average molecular weight is 701 g/mol. The number of hydrogen-bond donors (Lipinski definition) is 0. The van der Waals surface area contributed by atoms with Gasteiger partial charge in [-0.3, -0.25) is 0 Å². The van der Waals surface area contributed by atoms with Gasteiger partial charge < -0.3 is 9.47 Å². The number of hydrogen-bond acceptors (Lipinski definition) is 2. The smallest absolute Gasteiger partial charge is 0.179 e. The van der Waals surface area contributed by atoms with Crippen LogP contribution in [-0.4, -0.2) is 30.4 Å². The fourth-order valence-electron chi connectivity index (χ4n) is 10.0. The minimum Gasteiger partial charge on any atom is -0.357 e. The Kier molecular flexibility index (Phi) is 10.8. The molecule has 0 aromatic heterocycles. The van der Waals surface area contributed by atoms with Gasteiger partial charge in [-0.2, -0.15) is 0 Å². The predicted octanol–water partition coefficient (Wildman–Crippen LogP) is 12.5. The van der Waals surface area contributed by atoms with Crippen LogP contribution in [0, 0.1) is 22.9 Å². The molecule has 0 saturated carbocycles. The number of ether oxygens (including phenoxy) is 2. The molecule has 2 nitrogen and oxygen atoms in total. The third-order valence-corrected chi connectivity index (χ3v) is 25.1. The van der Waals surface area contributed by atoms with Gasteiger partial charge in [-0.05, 0) is 79.1 Å². The van der Waals surface area contributed by atoms with Gasteiger partial charge in [-0.15, -0.1) is 11.1 Å². The first-order valence-corrected chi connectivity index (χ1v) is 23.3. The fraction of sp³-hybridized carbons (Fsp3) is 0.478. The first kappa shape index (κ1) is 38.1. The maximum absolute atomic E-state index is 6.92. The molecule has 0 aliphatic heterocycles. The second-order valence-corrected chi connectivity index (χ2v) is 27.7. The molecule has 4 heteroatoms. The second kappa shape index (κ2) is 14.1. The van der Waals surface area contributed by atoms with Crippen molar-refractivity contribution in [1.29, 1.82) is 0 Å². The highest BCUT2D eigenvalue weighted by molar-refractivity contribution is 6.91. The second-order valence-electron chi connectivity index (χ2n) is 16.6. The molecule has 264 valence electrons. The van der Waals surface area contributed by atoms with Gasteiger partial charge in [0, 0.05) is 36.5 Å². The van der Waals surface area contributed by atoms with E-state index in [4.69, 9.17) is 9.47 Å². The Morgan fingerprint density at radius 3 is 0.820 bits per heavy atom. The molecule has 50 heavy (non-hydrogen) atoms. The van der Waals surface area contributed by atoms with E-state index in [9.17, 15) is 0 Å². The van der Waals surface area contributed by atoms with Gasteiger partial charge in [-0.1, -0.05) is 143 Å². The van der Waals surface area contributed by atoms with E-state index in [2.05, 4.69) is 179 Å². The normalized spacial score (nSPS) is 19.3. The lowest BCUT2D eigenvalue weighted by Gasteiger charge is -2.45. The van der Waals surface area contributed by atoms with Crippen molar-refractivity contribution in [1.82, 2.24) is 0 Å². The van der Waals surface area contributed by atoms with Crippen LogP contribution in [0.15, 0.2) is 72.8 Å². The predicted molar refractivity (Wildman–Crippen MR) is 221 cm³/mol. The first-order valence-electron chi connectivity index (χ1n) is 18.8. The Bertz CT molecular complexity index is 1720. The molecule has 0 radical (unpaired) electrons. The van der Waals surface area contributed by atoms with Gasteiger partial charge in [0.25, 0.3) is 0 Å². The highest BCUT2D eigenvalue weighted by Gasteiger charge is 2.53. The number of fused-ring (bicyclic) bond motifs is 4. The topological polar surface area (TPSA) is 18.5 Å². The van der Waals surface area contributed by atoms with Crippen molar-refractivity contribution >= 4 is 37.7 Å². The molecule has 0 N–H and O–H groups in total. The van der Waals surface area contributed by atoms with Gasteiger partial charge in [0.2, 0.25) is 0 Å². The van der Waals surface area contributed by atoms with Crippen LogP contribution < -0.4 is 0 Å². The highest BCUT2D eigenvalue weighted by Crippen LogP contribution is 2.54. The van der Waals surface area contributed by atoms with Gasteiger partial charge in [0.15, 0.2) is 11.2 Å². The Morgan fingerprint density at radius 2 is 0.640 bits per heavy atom. The maximum Gasteiger partial charge on any atom is 0.179 e. The summed E-state index contributed by atoms with van der Waals surface area (Å²) >= 11 is 0. The van der Waals surface area contributed by atoms with Crippen molar-refractivity contribution < 1.29 is 9.47 Å². The van der Waals surface area contributed by atoms with Crippen molar-refractivity contribution in [3.8, 4) is 22.9 Å². The van der Waals surface area contributed by atoms with E-state index in [1.165, 1.54) is 0 Å². The van der Waals surface area contributed by atoms with Crippen LogP contribution in [0.5, 0.6) is 0 Å². The molecule has 0 bridgehead atoms. The molecule has 1 aliphatic rings. The zero-order valence-electron chi connectivity index (χ0n) is 33.2. The van der Waals surface area contributed by atoms with Crippen molar-refractivity contribution in [2.75, 3.05) is 14.2 Å². The molecule has 5 rings (SSSR count). The fourth-order valence-corrected chi connectivity index (χ4v) is 20.5. The van der Waals surface area contributed by atoms with Gasteiger partial charge >= 0.3 is 0 Å². The largest absolute Gasteiger partial charge is 0.357 e. The molecule has 0 fully saturated rings. The Morgan fingerprint density at radius 1 is 0.420 bits per heavy atom. The third-order valence-electron chi connectivity index (χ3n) is 12.5. The molecular formula is C46H60O2Si2. The summed E-state index contributed by atoms with van der Waals surface area (Å²) in [5.41, 5.74) is 13.3. The third kappa shape index (κ3) is 5.72. The summed E-state index contributed by atoms with van der Waals surface area (Å²) in [5, 5.41) is 4.64. The summed E-state index contributed by atoms with van der Waals surface area (Å²) in [6.07, 6.45) is 0. The van der Waals surface area contributed by atoms with Crippen molar-refractivity contribution in [3.63, 3.8) is 0 Å². The minimum atomic E-state index is -2.14. The summed E-state index contributed by atoms with van der Waals surface area (Å²) < 4.78 is 13.8. The van der Waals surface area contributed by atoms with E-state index < -0.39 is 27.3 Å². The van der Waals surface area contributed by atoms with Crippen LogP contribution in [0.4, 0.5) is 0 Å². The molecule has 0 heterocycles. The highest BCUT2D eigenvalue weighted by atomic mass is 28.3. The molecular weight excluding hydrogens is 641 g/mol. The summed E-state index contributed by atoms with van der Waals surface area (Å²) in [6, 6.07) is 26.5. The SMILES string of the molecule is COC1(C#C[Si](C(C)C)(C(C)C)C(C)C)c2cc3ccccc3cc2C(C#C[Si](C(C)C)(C(C)C)C(C)C)(OC)c2cc3ccccc3cc21. The lowest BCUT2D eigenvalue weighted by Crippen LogP contribution is -2.47. The van der Waals surface area contributed by atoms with Gasteiger partial charge in [-0.25, -0.2) is 0 Å². The summed E-state index contributed by atoms with van der Waals surface area (Å²) in [5.74, 6) is 7.99. The van der Waals surface area contributed by atoms with Gasteiger partial charge in [0.1, 0.15) is 16.1 Å². The lowest BCUT2D eigenvalue weighted by atomic mass is 9.66. The molecule has 4 aromatic rings. The zero-order valence-corrected chi connectivity index (χ0v) is 35.2. The molecule has 4 aromatic carbocycles. The Hall–Kier alpha value is -3.13. The first-order chi connectivity index (χ1) is 23.6. The van der Waals surface area contributed by atoms with E-state index in [-0.39, 0.29) is 0 Å². The Balaban J connectivity index is 2.04.